The second-order valence-electron chi connectivity index (χ2n) is 3.46. The van der Waals surface area contributed by atoms with E-state index < -0.39 is 0 Å². The van der Waals surface area contributed by atoms with E-state index in [1.54, 1.807) is 12.3 Å². The largest absolute Gasteiger partial charge is 0.268 e. The zero-order valence-corrected chi connectivity index (χ0v) is 10.2. The number of aryl methyl sites for hydroxylation is 2. The van der Waals surface area contributed by atoms with Crippen LogP contribution < -0.4 is 5.56 Å². The fourth-order valence-corrected chi connectivity index (χ4v) is 1.93. The molecule has 4 heteroatoms. The molecule has 0 saturated heterocycles. The van der Waals surface area contributed by atoms with Crippen LogP contribution in [0.3, 0.4) is 0 Å². The van der Waals surface area contributed by atoms with E-state index in [4.69, 9.17) is 0 Å². The maximum atomic E-state index is 11.4. The van der Waals surface area contributed by atoms with Crippen LogP contribution in [-0.4, -0.2) is 9.78 Å². The molecule has 0 amide bonds. The Morgan fingerprint density at radius 3 is 2.88 bits per heavy atom. The van der Waals surface area contributed by atoms with Crippen molar-refractivity contribution in [2.75, 3.05) is 0 Å². The summed E-state index contributed by atoms with van der Waals surface area (Å²) in [5.74, 6) is 0. The van der Waals surface area contributed by atoms with Crippen LogP contribution >= 0.6 is 15.9 Å². The summed E-state index contributed by atoms with van der Waals surface area (Å²) in [5, 5.41) is 4.01. The van der Waals surface area contributed by atoms with Gasteiger partial charge in [-0.1, -0.05) is 28.1 Å². The summed E-state index contributed by atoms with van der Waals surface area (Å²) < 4.78 is 2.53. The minimum Gasteiger partial charge on any atom is -0.268 e. The highest BCUT2D eigenvalue weighted by molar-refractivity contribution is 9.10. The zero-order chi connectivity index (χ0) is 11.4. The smallest absolute Gasteiger partial charge is 0.266 e. The number of rotatable bonds is 3. The summed E-state index contributed by atoms with van der Waals surface area (Å²) in [7, 11) is 0. The maximum Gasteiger partial charge on any atom is 0.266 e. The van der Waals surface area contributed by atoms with Crippen LogP contribution in [0.2, 0.25) is 0 Å². The number of halogens is 1. The second-order valence-corrected chi connectivity index (χ2v) is 4.38. The SMILES string of the molecule is O=c1cccnn1CCc1cccc(Br)c1. The van der Waals surface area contributed by atoms with Crippen molar-refractivity contribution >= 4 is 15.9 Å². The highest BCUT2D eigenvalue weighted by Crippen LogP contribution is 2.12. The van der Waals surface area contributed by atoms with Crippen molar-refractivity contribution in [3.05, 3.63) is 63.0 Å². The molecule has 0 unspecified atom stereocenters. The van der Waals surface area contributed by atoms with Crippen molar-refractivity contribution in [3.8, 4) is 0 Å². The molecular weight excluding hydrogens is 268 g/mol. The van der Waals surface area contributed by atoms with Gasteiger partial charge in [-0.3, -0.25) is 4.79 Å². The molecule has 1 heterocycles. The van der Waals surface area contributed by atoms with Crippen molar-refractivity contribution in [1.82, 2.24) is 9.78 Å². The van der Waals surface area contributed by atoms with Crippen LogP contribution in [0.5, 0.6) is 0 Å². The molecule has 0 spiro atoms. The molecule has 82 valence electrons. The Hall–Kier alpha value is -1.42. The number of nitrogens with zero attached hydrogens (tertiary/aromatic N) is 2. The molecule has 3 nitrogen and oxygen atoms in total. The Morgan fingerprint density at radius 2 is 2.12 bits per heavy atom. The third-order valence-electron chi connectivity index (χ3n) is 2.29. The second kappa shape index (κ2) is 5.07. The van der Waals surface area contributed by atoms with E-state index in [1.165, 1.54) is 16.3 Å². The lowest BCUT2D eigenvalue weighted by molar-refractivity contribution is 0.578. The van der Waals surface area contributed by atoms with E-state index >= 15 is 0 Å². The van der Waals surface area contributed by atoms with E-state index in [0.717, 1.165) is 10.9 Å². The van der Waals surface area contributed by atoms with Crippen LogP contribution in [0.1, 0.15) is 5.56 Å². The molecule has 0 atom stereocenters. The lowest BCUT2D eigenvalue weighted by atomic mass is 10.1. The van der Waals surface area contributed by atoms with Gasteiger partial charge in [0.15, 0.2) is 0 Å². The molecule has 0 aliphatic rings. The molecule has 0 bridgehead atoms. The average molecular weight is 279 g/mol. The first-order valence-electron chi connectivity index (χ1n) is 5.02. The van der Waals surface area contributed by atoms with Crippen LogP contribution in [0, 0.1) is 0 Å². The van der Waals surface area contributed by atoms with Crippen molar-refractivity contribution in [2.24, 2.45) is 0 Å². The van der Waals surface area contributed by atoms with Gasteiger partial charge in [-0.25, -0.2) is 4.68 Å². The van der Waals surface area contributed by atoms with E-state index in [2.05, 4.69) is 21.0 Å². The standard InChI is InChI=1S/C12H11BrN2O/c13-11-4-1-3-10(9-11)6-8-15-12(16)5-2-7-14-15/h1-5,7,9H,6,8H2. The normalized spacial score (nSPS) is 10.3. The summed E-state index contributed by atoms with van der Waals surface area (Å²) in [4.78, 5) is 11.4. The van der Waals surface area contributed by atoms with Crippen molar-refractivity contribution in [1.29, 1.82) is 0 Å². The molecule has 2 aromatic rings. The quantitative estimate of drug-likeness (QED) is 0.863. The van der Waals surface area contributed by atoms with E-state index in [0.29, 0.717) is 6.54 Å². The van der Waals surface area contributed by atoms with Gasteiger partial charge in [-0.05, 0) is 30.2 Å². The molecule has 1 aromatic heterocycles. The molecule has 0 N–H and O–H groups in total. The van der Waals surface area contributed by atoms with Gasteiger partial charge >= 0.3 is 0 Å². The van der Waals surface area contributed by atoms with Crippen LogP contribution in [-0.2, 0) is 13.0 Å². The van der Waals surface area contributed by atoms with Gasteiger partial charge in [-0.2, -0.15) is 5.10 Å². The molecule has 0 fully saturated rings. The van der Waals surface area contributed by atoms with Gasteiger partial charge in [0.05, 0.1) is 0 Å². The molecule has 0 radical (unpaired) electrons. The predicted octanol–water partition coefficient (Wildman–Crippen LogP) is 2.25. The first kappa shape index (κ1) is 11.1. The minimum atomic E-state index is -0.0579. The maximum absolute atomic E-state index is 11.4. The summed E-state index contributed by atoms with van der Waals surface area (Å²) in [6, 6.07) is 11.2. The Morgan fingerprint density at radius 1 is 1.25 bits per heavy atom. The van der Waals surface area contributed by atoms with Crippen LogP contribution in [0.25, 0.3) is 0 Å². The van der Waals surface area contributed by atoms with Crippen LogP contribution in [0.4, 0.5) is 0 Å². The molecule has 0 aliphatic carbocycles. The predicted molar refractivity (Wildman–Crippen MR) is 66.3 cm³/mol. The topological polar surface area (TPSA) is 34.9 Å². The van der Waals surface area contributed by atoms with Crippen molar-refractivity contribution < 1.29 is 0 Å². The number of benzene rings is 1. The molecule has 0 aliphatic heterocycles. The van der Waals surface area contributed by atoms with Crippen LogP contribution in [0.15, 0.2) is 51.9 Å². The zero-order valence-electron chi connectivity index (χ0n) is 8.64. The average Bonchev–Trinajstić information content (AvgIpc) is 2.28. The summed E-state index contributed by atoms with van der Waals surface area (Å²) >= 11 is 3.42. The van der Waals surface area contributed by atoms with Gasteiger partial charge in [-0.15, -0.1) is 0 Å². The van der Waals surface area contributed by atoms with Gasteiger partial charge in [0.2, 0.25) is 0 Å². The van der Waals surface area contributed by atoms with Gasteiger partial charge < -0.3 is 0 Å². The summed E-state index contributed by atoms with van der Waals surface area (Å²) in [5.41, 5.74) is 1.13. The lowest BCUT2D eigenvalue weighted by Gasteiger charge is -2.04. The summed E-state index contributed by atoms with van der Waals surface area (Å²) in [6.07, 6.45) is 2.43. The fourth-order valence-electron chi connectivity index (χ4n) is 1.48. The monoisotopic (exact) mass is 278 g/mol. The van der Waals surface area contributed by atoms with E-state index in [1.807, 2.05) is 24.3 Å². The molecule has 0 saturated carbocycles. The lowest BCUT2D eigenvalue weighted by Crippen LogP contribution is -2.22. The van der Waals surface area contributed by atoms with E-state index in [9.17, 15) is 4.79 Å². The first-order valence-corrected chi connectivity index (χ1v) is 5.81. The Kier molecular flexibility index (Phi) is 3.51. The fraction of sp³-hybridized carbons (Fsp3) is 0.167. The minimum absolute atomic E-state index is 0.0579. The molecule has 1 aromatic carbocycles. The Bertz CT molecular complexity index is 536. The third-order valence-corrected chi connectivity index (χ3v) is 2.78. The number of hydrogen-bond donors (Lipinski definition) is 0. The molecular formula is C12H11BrN2O. The Labute approximate surface area is 102 Å². The van der Waals surface area contributed by atoms with E-state index in [-0.39, 0.29) is 5.56 Å². The van der Waals surface area contributed by atoms with Gasteiger partial charge in [0.25, 0.3) is 5.56 Å². The highest BCUT2D eigenvalue weighted by atomic mass is 79.9. The first-order chi connectivity index (χ1) is 7.75. The molecule has 16 heavy (non-hydrogen) atoms. The number of hydrogen-bond acceptors (Lipinski definition) is 2. The van der Waals surface area contributed by atoms with Crippen molar-refractivity contribution in [2.45, 2.75) is 13.0 Å². The van der Waals surface area contributed by atoms with Crippen molar-refractivity contribution in [3.63, 3.8) is 0 Å². The number of aromatic nitrogens is 2. The van der Waals surface area contributed by atoms with Gasteiger partial charge in [0, 0.05) is 23.3 Å². The highest BCUT2D eigenvalue weighted by Gasteiger charge is 1.97. The third kappa shape index (κ3) is 2.79. The van der Waals surface area contributed by atoms with Gasteiger partial charge in [0.1, 0.15) is 0 Å². The molecule has 2 rings (SSSR count). The summed E-state index contributed by atoms with van der Waals surface area (Å²) in [6.45, 7) is 0.607. The Balaban J connectivity index is 2.08.